The third-order valence-electron chi connectivity index (χ3n) is 5.22. The van der Waals surface area contributed by atoms with Crippen LogP contribution in [0.15, 0.2) is 0 Å². The number of hydrogen-bond donors (Lipinski definition) is 1. The highest BCUT2D eigenvalue weighted by Crippen LogP contribution is 2.35. The molecule has 19 heavy (non-hydrogen) atoms. The minimum absolute atomic E-state index is 0.528. The first kappa shape index (κ1) is 15.3. The summed E-state index contributed by atoms with van der Waals surface area (Å²) in [7, 11) is 0. The van der Waals surface area contributed by atoms with Crippen LogP contribution in [0.1, 0.15) is 59.3 Å². The molecule has 0 radical (unpaired) electrons. The second-order valence-electron chi connectivity index (χ2n) is 7.24. The van der Waals surface area contributed by atoms with E-state index in [1.165, 1.54) is 51.6 Å². The van der Waals surface area contributed by atoms with Crippen LogP contribution in [-0.2, 0) is 4.74 Å². The lowest BCUT2D eigenvalue weighted by Crippen LogP contribution is -2.35. The van der Waals surface area contributed by atoms with Crippen molar-refractivity contribution in [1.29, 1.82) is 0 Å². The Morgan fingerprint density at radius 2 is 2.05 bits per heavy atom. The zero-order chi connectivity index (χ0) is 13.7. The Kier molecular flexibility index (Phi) is 6.15. The van der Waals surface area contributed by atoms with E-state index in [0.717, 1.165) is 30.3 Å². The molecule has 1 saturated carbocycles. The minimum atomic E-state index is 0.528. The molecule has 1 aliphatic carbocycles. The summed E-state index contributed by atoms with van der Waals surface area (Å²) in [6, 6.07) is 0. The lowest BCUT2D eigenvalue weighted by molar-refractivity contribution is -0.0428. The molecule has 2 fully saturated rings. The van der Waals surface area contributed by atoms with Gasteiger partial charge in [-0.25, -0.2) is 0 Å². The maximum Gasteiger partial charge on any atom is 0.0608 e. The zero-order valence-corrected chi connectivity index (χ0v) is 13.2. The van der Waals surface area contributed by atoms with Gasteiger partial charge in [0.15, 0.2) is 0 Å². The predicted octanol–water partition coefficient (Wildman–Crippen LogP) is 3.85. The molecule has 0 amide bonds. The first-order chi connectivity index (χ1) is 9.16. The van der Waals surface area contributed by atoms with Crippen LogP contribution in [0.25, 0.3) is 0 Å². The number of piperidine rings is 1. The van der Waals surface area contributed by atoms with E-state index < -0.39 is 0 Å². The van der Waals surface area contributed by atoms with Crippen molar-refractivity contribution in [3.8, 4) is 0 Å². The van der Waals surface area contributed by atoms with Crippen LogP contribution >= 0.6 is 0 Å². The van der Waals surface area contributed by atoms with E-state index in [9.17, 15) is 0 Å². The van der Waals surface area contributed by atoms with Gasteiger partial charge in [0, 0.05) is 6.61 Å². The van der Waals surface area contributed by atoms with Crippen molar-refractivity contribution in [2.45, 2.75) is 65.4 Å². The maximum absolute atomic E-state index is 6.30. The third-order valence-corrected chi connectivity index (χ3v) is 5.22. The highest BCUT2D eigenvalue weighted by Gasteiger charge is 2.31. The van der Waals surface area contributed by atoms with Crippen LogP contribution in [0.3, 0.4) is 0 Å². The summed E-state index contributed by atoms with van der Waals surface area (Å²) in [5.74, 6) is 3.28. The molecule has 1 N–H and O–H groups in total. The predicted molar refractivity (Wildman–Crippen MR) is 81.3 cm³/mol. The molecule has 2 rings (SSSR count). The number of ether oxygens (including phenoxy) is 1. The van der Waals surface area contributed by atoms with Crippen molar-refractivity contribution in [2.24, 2.45) is 23.7 Å². The summed E-state index contributed by atoms with van der Waals surface area (Å²) in [5, 5.41) is 3.50. The smallest absolute Gasteiger partial charge is 0.0608 e. The van der Waals surface area contributed by atoms with E-state index in [0.29, 0.717) is 6.10 Å². The van der Waals surface area contributed by atoms with Gasteiger partial charge in [0.05, 0.1) is 6.10 Å². The van der Waals surface area contributed by atoms with E-state index in [1.807, 2.05) is 0 Å². The minimum Gasteiger partial charge on any atom is -0.378 e. The number of rotatable bonds is 5. The molecular formula is C17H33NO. The van der Waals surface area contributed by atoms with E-state index in [-0.39, 0.29) is 0 Å². The fourth-order valence-corrected chi connectivity index (χ4v) is 3.86. The molecule has 4 unspecified atom stereocenters. The molecule has 2 heteroatoms. The average molecular weight is 267 g/mol. The first-order valence-corrected chi connectivity index (χ1v) is 8.49. The zero-order valence-electron chi connectivity index (χ0n) is 13.2. The first-order valence-electron chi connectivity index (χ1n) is 8.49. The molecule has 112 valence electrons. The summed E-state index contributed by atoms with van der Waals surface area (Å²) in [6.45, 7) is 10.5. The van der Waals surface area contributed by atoms with Crippen molar-refractivity contribution in [1.82, 2.24) is 5.32 Å². The molecule has 2 aliphatic rings. The van der Waals surface area contributed by atoms with E-state index >= 15 is 0 Å². The summed E-state index contributed by atoms with van der Waals surface area (Å²) in [6.07, 6.45) is 8.57. The van der Waals surface area contributed by atoms with Gasteiger partial charge in [-0.05, 0) is 68.9 Å². The van der Waals surface area contributed by atoms with Gasteiger partial charge in [0.25, 0.3) is 0 Å². The van der Waals surface area contributed by atoms with Crippen molar-refractivity contribution < 1.29 is 4.74 Å². The van der Waals surface area contributed by atoms with Crippen LogP contribution in [0, 0.1) is 23.7 Å². The molecule has 0 aromatic rings. The second-order valence-corrected chi connectivity index (χ2v) is 7.24. The molecule has 1 saturated heterocycles. The summed E-state index contributed by atoms with van der Waals surface area (Å²) in [5.41, 5.74) is 0. The van der Waals surface area contributed by atoms with Crippen LogP contribution in [0.2, 0.25) is 0 Å². The standard InChI is InChI=1S/C17H33NO/c1-13(2)16-7-6-14(3)11-17(16)19-10-8-15-5-4-9-18-12-15/h13-18H,4-12H2,1-3H3. The molecule has 0 bridgehead atoms. The van der Waals surface area contributed by atoms with Gasteiger partial charge in [-0.3, -0.25) is 0 Å². The van der Waals surface area contributed by atoms with Crippen molar-refractivity contribution >= 4 is 0 Å². The Balaban J connectivity index is 1.72. The Bertz CT molecular complexity index is 248. The highest BCUT2D eigenvalue weighted by atomic mass is 16.5. The number of hydrogen-bond acceptors (Lipinski definition) is 2. The molecule has 0 aromatic carbocycles. The maximum atomic E-state index is 6.30. The summed E-state index contributed by atoms with van der Waals surface area (Å²) in [4.78, 5) is 0. The Morgan fingerprint density at radius 1 is 1.21 bits per heavy atom. The Labute approximate surface area is 119 Å². The lowest BCUT2D eigenvalue weighted by atomic mass is 9.75. The van der Waals surface area contributed by atoms with Crippen LogP contribution in [0.4, 0.5) is 0 Å². The fourth-order valence-electron chi connectivity index (χ4n) is 3.86. The second kappa shape index (κ2) is 7.64. The van der Waals surface area contributed by atoms with Crippen molar-refractivity contribution in [3.63, 3.8) is 0 Å². The lowest BCUT2D eigenvalue weighted by Gasteiger charge is -2.37. The monoisotopic (exact) mass is 267 g/mol. The van der Waals surface area contributed by atoms with Gasteiger partial charge in [-0.1, -0.05) is 27.2 Å². The van der Waals surface area contributed by atoms with Gasteiger partial charge in [-0.15, -0.1) is 0 Å². The number of nitrogens with one attached hydrogen (secondary N) is 1. The van der Waals surface area contributed by atoms with Gasteiger partial charge >= 0.3 is 0 Å². The topological polar surface area (TPSA) is 21.3 Å². The van der Waals surface area contributed by atoms with Gasteiger partial charge in [-0.2, -0.15) is 0 Å². The van der Waals surface area contributed by atoms with Crippen molar-refractivity contribution in [3.05, 3.63) is 0 Å². The van der Waals surface area contributed by atoms with Crippen LogP contribution < -0.4 is 5.32 Å². The van der Waals surface area contributed by atoms with Gasteiger partial charge in [0.2, 0.25) is 0 Å². The Morgan fingerprint density at radius 3 is 2.74 bits per heavy atom. The summed E-state index contributed by atoms with van der Waals surface area (Å²) >= 11 is 0. The van der Waals surface area contributed by atoms with E-state index in [2.05, 4.69) is 26.1 Å². The SMILES string of the molecule is CC1CCC(C(C)C)C(OCCC2CCCNC2)C1. The normalized spacial score (nSPS) is 36.6. The van der Waals surface area contributed by atoms with Gasteiger partial charge < -0.3 is 10.1 Å². The quantitative estimate of drug-likeness (QED) is 0.817. The van der Waals surface area contributed by atoms with Crippen LogP contribution in [0.5, 0.6) is 0 Å². The van der Waals surface area contributed by atoms with Crippen molar-refractivity contribution in [2.75, 3.05) is 19.7 Å². The van der Waals surface area contributed by atoms with E-state index in [1.54, 1.807) is 0 Å². The largest absolute Gasteiger partial charge is 0.378 e. The third kappa shape index (κ3) is 4.75. The molecule has 0 aromatic heterocycles. The molecule has 1 aliphatic heterocycles. The highest BCUT2D eigenvalue weighted by molar-refractivity contribution is 4.81. The molecular weight excluding hydrogens is 234 g/mol. The fraction of sp³-hybridized carbons (Fsp3) is 1.00. The molecule has 1 heterocycles. The van der Waals surface area contributed by atoms with Crippen LogP contribution in [-0.4, -0.2) is 25.8 Å². The molecule has 2 nitrogen and oxygen atoms in total. The average Bonchev–Trinajstić information content (AvgIpc) is 2.39. The molecule has 4 atom stereocenters. The van der Waals surface area contributed by atoms with Gasteiger partial charge in [0.1, 0.15) is 0 Å². The van der Waals surface area contributed by atoms with E-state index in [4.69, 9.17) is 4.74 Å². The molecule has 0 spiro atoms. The Hall–Kier alpha value is -0.0800. The summed E-state index contributed by atoms with van der Waals surface area (Å²) < 4.78 is 6.30.